The number of anilines is 1. The first-order chi connectivity index (χ1) is 15.6. The van der Waals surface area contributed by atoms with Crippen molar-refractivity contribution in [2.75, 3.05) is 31.6 Å². The molecular formula is C23H31F2N5O2. The highest BCUT2D eigenvalue weighted by Gasteiger charge is 2.16. The SMILES string of the molecule is CCOc1cccc(CNC(=NC)NCc2ccnc(N3CCCCC3)c2)c1OC(F)F. The Labute approximate surface area is 187 Å². The fraction of sp³-hybridized carbons (Fsp3) is 0.478. The lowest BCUT2D eigenvalue weighted by molar-refractivity contribution is -0.0520. The van der Waals surface area contributed by atoms with Gasteiger partial charge >= 0.3 is 6.61 Å². The zero-order chi connectivity index (χ0) is 22.8. The van der Waals surface area contributed by atoms with Gasteiger partial charge in [0.1, 0.15) is 5.82 Å². The molecule has 3 rings (SSSR count). The number of hydrogen-bond donors (Lipinski definition) is 2. The summed E-state index contributed by atoms with van der Waals surface area (Å²) in [5, 5.41) is 6.41. The van der Waals surface area contributed by atoms with Crippen LogP contribution in [0.15, 0.2) is 41.5 Å². The second kappa shape index (κ2) is 12.1. The standard InChI is InChI=1S/C23H31F2N5O2/c1-3-31-19-9-7-8-18(21(19)32-22(24)25)16-29-23(26-2)28-15-17-10-11-27-20(14-17)30-12-5-4-6-13-30/h7-11,14,22H,3-6,12-13,15-16H2,1-2H3,(H2,26,28,29). The number of rotatable bonds is 9. The molecule has 1 aromatic heterocycles. The molecule has 2 aromatic rings. The van der Waals surface area contributed by atoms with Gasteiger partial charge < -0.3 is 25.0 Å². The van der Waals surface area contributed by atoms with Crippen molar-refractivity contribution in [1.29, 1.82) is 0 Å². The summed E-state index contributed by atoms with van der Waals surface area (Å²) in [5.41, 5.74) is 1.64. The molecule has 174 valence electrons. The van der Waals surface area contributed by atoms with Gasteiger partial charge in [-0.1, -0.05) is 12.1 Å². The molecule has 0 atom stereocenters. The number of alkyl halides is 2. The lowest BCUT2D eigenvalue weighted by atomic mass is 10.1. The maximum Gasteiger partial charge on any atom is 0.387 e. The fourth-order valence-corrected chi connectivity index (χ4v) is 3.64. The second-order valence-corrected chi connectivity index (χ2v) is 7.41. The number of aromatic nitrogens is 1. The molecule has 1 aliphatic heterocycles. The fourth-order valence-electron chi connectivity index (χ4n) is 3.64. The molecule has 1 aromatic carbocycles. The zero-order valence-corrected chi connectivity index (χ0v) is 18.6. The molecule has 0 spiro atoms. The summed E-state index contributed by atoms with van der Waals surface area (Å²) in [6.07, 6.45) is 5.49. The van der Waals surface area contributed by atoms with Crippen LogP contribution in [0.1, 0.15) is 37.3 Å². The van der Waals surface area contributed by atoms with Crippen molar-refractivity contribution in [2.24, 2.45) is 4.99 Å². The van der Waals surface area contributed by atoms with Gasteiger partial charge in [0.05, 0.1) is 6.61 Å². The molecular weight excluding hydrogens is 416 g/mol. The van der Waals surface area contributed by atoms with Gasteiger partial charge in [0, 0.05) is 45.0 Å². The van der Waals surface area contributed by atoms with E-state index in [2.05, 4.69) is 31.6 Å². The highest BCUT2D eigenvalue weighted by molar-refractivity contribution is 5.79. The third-order valence-corrected chi connectivity index (χ3v) is 5.19. The Balaban J connectivity index is 1.60. The number of ether oxygens (including phenoxy) is 2. The summed E-state index contributed by atoms with van der Waals surface area (Å²) in [6.45, 7) is 2.09. The van der Waals surface area contributed by atoms with E-state index in [0.29, 0.717) is 24.7 Å². The molecule has 0 amide bonds. The first-order valence-electron chi connectivity index (χ1n) is 10.9. The zero-order valence-electron chi connectivity index (χ0n) is 18.6. The van der Waals surface area contributed by atoms with E-state index >= 15 is 0 Å². The van der Waals surface area contributed by atoms with Gasteiger partial charge in [-0.15, -0.1) is 0 Å². The van der Waals surface area contributed by atoms with E-state index in [0.717, 1.165) is 24.5 Å². The van der Waals surface area contributed by atoms with Crippen molar-refractivity contribution < 1.29 is 18.3 Å². The molecule has 0 saturated carbocycles. The Morgan fingerprint density at radius 2 is 1.94 bits per heavy atom. The highest BCUT2D eigenvalue weighted by Crippen LogP contribution is 2.32. The Hall–Kier alpha value is -3.10. The number of nitrogens with zero attached hydrogens (tertiary/aromatic N) is 3. The van der Waals surface area contributed by atoms with Crippen LogP contribution in [0.5, 0.6) is 11.5 Å². The van der Waals surface area contributed by atoms with E-state index in [1.165, 1.54) is 19.3 Å². The third kappa shape index (κ3) is 6.70. The Kier molecular flexibility index (Phi) is 8.89. The van der Waals surface area contributed by atoms with Crippen LogP contribution >= 0.6 is 0 Å². The molecule has 2 N–H and O–H groups in total. The average Bonchev–Trinajstić information content (AvgIpc) is 2.81. The molecule has 0 bridgehead atoms. The number of halogens is 2. The molecule has 1 aliphatic rings. The van der Waals surface area contributed by atoms with Gasteiger partial charge in [0.2, 0.25) is 0 Å². The summed E-state index contributed by atoms with van der Waals surface area (Å²) in [7, 11) is 1.66. The predicted octanol–water partition coefficient (Wildman–Crippen LogP) is 3.94. The van der Waals surface area contributed by atoms with Gasteiger partial charge in [-0.2, -0.15) is 8.78 Å². The summed E-state index contributed by atoms with van der Waals surface area (Å²) in [6, 6.07) is 9.13. The average molecular weight is 448 g/mol. The van der Waals surface area contributed by atoms with E-state index in [-0.39, 0.29) is 18.0 Å². The van der Waals surface area contributed by atoms with E-state index in [9.17, 15) is 8.78 Å². The lowest BCUT2D eigenvalue weighted by Gasteiger charge is -2.28. The number of aliphatic imine (C=N–C) groups is 1. The van der Waals surface area contributed by atoms with Crippen LogP contribution in [-0.4, -0.2) is 44.3 Å². The Morgan fingerprint density at radius 3 is 2.66 bits per heavy atom. The van der Waals surface area contributed by atoms with Crippen molar-refractivity contribution in [3.63, 3.8) is 0 Å². The van der Waals surface area contributed by atoms with E-state index in [4.69, 9.17) is 9.47 Å². The summed E-state index contributed by atoms with van der Waals surface area (Å²) in [4.78, 5) is 11.1. The number of nitrogens with one attached hydrogen (secondary N) is 2. The van der Waals surface area contributed by atoms with Crippen LogP contribution in [0.3, 0.4) is 0 Å². The molecule has 0 unspecified atom stereocenters. The molecule has 0 radical (unpaired) electrons. The maximum absolute atomic E-state index is 12.9. The smallest absolute Gasteiger partial charge is 0.387 e. The Morgan fingerprint density at radius 1 is 1.16 bits per heavy atom. The number of para-hydroxylation sites is 1. The Bertz CT molecular complexity index is 888. The normalized spacial score (nSPS) is 14.4. The summed E-state index contributed by atoms with van der Waals surface area (Å²) < 4.78 is 36.0. The maximum atomic E-state index is 12.9. The quantitative estimate of drug-likeness (QED) is 0.448. The van der Waals surface area contributed by atoms with Crippen LogP contribution in [0.4, 0.5) is 14.6 Å². The number of piperidine rings is 1. The highest BCUT2D eigenvalue weighted by atomic mass is 19.3. The minimum Gasteiger partial charge on any atom is -0.490 e. The number of benzene rings is 1. The van der Waals surface area contributed by atoms with Gasteiger partial charge in [-0.25, -0.2) is 4.98 Å². The third-order valence-electron chi connectivity index (χ3n) is 5.19. The van der Waals surface area contributed by atoms with Crippen molar-refractivity contribution in [2.45, 2.75) is 45.9 Å². The number of pyridine rings is 1. The van der Waals surface area contributed by atoms with Crippen LogP contribution in [0.25, 0.3) is 0 Å². The first-order valence-corrected chi connectivity index (χ1v) is 10.9. The predicted molar refractivity (Wildman–Crippen MR) is 122 cm³/mol. The van der Waals surface area contributed by atoms with E-state index in [1.807, 2.05) is 12.3 Å². The van der Waals surface area contributed by atoms with Crippen LogP contribution in [0.2, 0.25) is 0 Å². The monoisotopic (exact) mass is 447 g/mol. The second-order valence-electron chi connectivity index (χ2n) is 7.41. The first kappa shape index (κ1) is 23.6. The van der Waals surface area contributed by atoms with Crippen molar-refractivity contribution in [3.8, 4) is 11.5 Å². The van der Waals surface area contributed by atoms with E-state index in [1.54, 1.807) is 32.2 Å². The van der Waals surface area contributed by atoms with Crippen LogP contribution in [-0.2, 0) is 13.1 Å². The molecule has 0 aliphatic carbocycles. The molecule has 9 heteroatoms. The van der Waals surface area contributed by atoms with Gasteiger partial charge in [0.15, 0.2) is 17.5 Å². The van der Waals surface area contributed by atoms with Crippen molar-refractivity contribution >= 4 is 11.8 Å². The lowest BCUT2D eigenvalue weighted by Crippen LogP contribution is -2.36. The number of hydrogen-bond acceptors (Lipinski definition) is 5. The van der Waals surface area contributed by atoms with Gasteiger partial charge in [-0.3, -0.25) is 4.99 Å². The van der Waals surface area contributed by atoms with Crippen molar-refractivity contribution in [1.82, 2.24) is 15.6 Å². The van der Waals surface area contributed by atoms with Gasteiger partial charge in [0.25, 0.3) is 0 Å². The largest absolute Gasteiger partial charge is 0.490 e. The van der Waals surface area contributed by atoms with E-state index < -0.39 is 6.61 Å². The van der Waals surface area contributed by atoms with Gasteiger partial charge in [-0.05, 0) is 49.9 Å². The number of guanidine groups is 1. The minimum absolute atomic E-state index is 0.0348. The molecule has 32 heavy (non-hydrogen) atoms. The minimum atomic E-state index is -2.94. The molecule has 2 heterocycles. The summed E-state index contributed by atoms with van der Waals surface area (Å²) in [5.74, 6) is 1.87. The topological polar surface area (TPSA) is 71.0 Å². The summed E-state index contributed by atoms with van der Waals surface area (Å²) >= 11 is 0. The van der Waals surface area contributed by atoms with Crippen LogP contribution in [0, 0.1) is 0 Å². The van der Waals surface area contributed by atoms with Crippen molar-refractivity contribution in [3.05, 3.63) is 47.7 Å². The molecule has 1 saturated heterocycles. The molecule has 1 fully saturated rings. The van der Waals surface area contributed by atoms with Crippen LogP contribution < -0.4 is 25.0 Å². The molecule has 7 nitrogen and oxygen atoms in total.